The monoisotopic (exact) mass is 676 g/mol. The third kappa shape index (κ3) is 6.13. The number of hydrogen-bond acceptors (Lipinski definition) is 6. The second-order valence-corrected chi connectivity index (χ2v) is 9.91. The highest BCUT2D eigenvalue weighted by molar-refractivity contribution is 14.1. The third-order valence-electron chi connectivity index (χ3n) is 5.37. The highest BCUT2D eigenvalue weighted by Crippen LogP contribution is 2.36. The SMILES string of the molecule is CCOc1cc(/C=C2\C(=O)NC(=O)N(c3ccc(OC)cc3)C2=O)cc(I)c1OCc1ccc(Br)cc1. The van der Waals surface area contributed by atoms with E-state index < -0.39 is 17.8 Å². The van der Waals surface area contributed by atoms with Crippen molar-refractivity contribution in [1.29, 1.82) is 0 Å². The lowest BCUT2D eigenvalue weighted by molar-refractivity contribution is -0.122. The number of urea groups is 1. The summed E-state index contributed by atoms with van der Waals surface area (Å²) in [6.45, 7) is 2.58. The smallest absolute Gasteiger partial charge is 0.335 e. The second-order valence-electron chi connectivity index (χ2n) is 7.83. The molecule has 1 aliphatic rings. The van der Waals surface area contributed by atoms with Crippen LogP contribution < -0.4 is 24.4 Å². The van der Waals surface area contributed by atoms with Crippen LogP contribution >= 0.6 is 38.5 Å². The quantitative estimate of drug-likeness (QED) is 0.187. The van der Waals surface area contributed by atoms with Gasteiger partial charge in [-0.05, 0) is 95.2 Å². The number of anilines is 1. The molecule has 0 atom stereocenters. The van der Waals surface area contributed by atoms with Gasteiger partial charge < -0.3 is 14.2 Å². The van der Waals surface area contributed by atoms with Crippen molar-refractivity contribution in [2.45, 2.75) is 13.5 Å². The van der Waals surface area contributed by atoms with E-state index >= 15 is 0 Å². The van der Waals surface area contributed by atoms with Crippen molar-refractivity contribution in [2.24, 2.45) is 0 Å². The van der Waals surface area contributed by atoms with Crippen LogP contribution in [0.15, 0.2) is 70.7 Å². The molecule has 0 radical (unpaired) electrons. The number of rotatable bonds is 8. The number of carbonyl (C=O) groups is 3. The van der Waals surface area contributed by atoms with Crippen LogP contribution in [0.3, 0.4) is 0 Å². The highest BCUT2D eigenvalue weighted by atomic mass is 127. The molecule has 8 nitrogen and oxygen atoms in total. The van der Waals surface area contributed by atoms with Gasteiger partial charge >= 0.3 is 6.03 Å². The van der Waals surface area contributed by atoms with Crippen LogP contribution in [-0.2, 0) is 16.2 Å². The van der Waals surface area contributed by atoms with E-state index in [-0.39, 0.29) is 5.57 Å². The summed E-state index contributed by atoms with van der Waals surface area (Å²) in [4.78, 5) is 39.3. The van der Waals surface area contributed by atoms with Gasteiger partial charge in [0.15, 0.2) is 11.5 Å². The minimum absolute atomic E-state index is 0.183. The number of nitrogens with zero attached hydrogens (tertiary/aromatic N) is 1. The zero-order chi connectivity index (χ0) is 26.5. The second kappa shape index (κ2) is 11.8. The average Bonchev–Trinajstić information content (AvgIpc) is 2.87. The highest BCUT2D eigenvalue weighted by Gasteiger charge is 2.37. The molecule has 0 saturated carbocycles. The fourth-order valence-electron chi connectivity index (χ4n) is 3.60. The predicted molar refractivity (Wildman–Crippen MR) is 151 cm³/mol. The van der Waals surface area contributed by atoms with E-state index in [9.17, 15) is 14.4 Å². The number of benzene rings is 3. The first-order chi connectivity index (χ1) is 17.8. The van der Waals surface area contributed by atoms with Gasteiger partial charge in [-0.1, -0.05) is 28.1 Å². The molecule has 3 aromatic carbocycles. The maximum absolute atomic E-state index is 13.2. The van der Waals surface area contributed by atoms with Crippen molar-refractivity contribution < 1.29 is 28.6 Å². The maximum Gasteiger partial charge on any atom is 0.335 e. The molecule has 1 heterocycles. The Balaban J connectivity index is 1.64. The molecular weight excluding hydrogens is 655 g/mol. The summed E-state index contributed by atoms with van der Waals surface area (Å²) in [7, 11) is 1.52. The Morgan fingerprint density at radius 3 is 2.35 bits per heavy atom. The number of amides is 4. The Hall–Kier alpha value is -3.38. The first-order valence-corrected chi connectivity index (χ1v) is 13.1. The van der Waals surface area contributed by atoms with E-state index in [0.717, 1.165) is 18.5 Å². The lowest BCUT2D eigenvalue weighted by atomic mass is 10.1. The minimum atomic E-state index is -0.821. The molecule has 1 aliphatic heterocycles. The number of nitrogens with one attached hydrogen (secondary N) is 1. The standard InChI is InChI=1S/C27H22BrIN2O6/c1-3-36-23-14-17(13-22(29)24(23)37-15-16-4-6-18(28)7-5-16)12-21-25(32)30-27(34)31(26(21)33)19-8-10-20(35-2)11-9-19/h4-14H,3,15H2,1-2H3,(H,30,32,34)/b21-12+. The molecule has 3 aromatic rings. The molecule has 0 aliphatic carbocycles. The molecule has 190 valence electrons. The van der Waals surface area contributed by atoms with Gasteiger partial charge in [0.05, 0.1) is 23.0 Å². The van der Waals surface area contributed by atoms with Crippen molar-refractivity contribution in [3.8, 4) is 17.2 Å². The Morgan fingerprint density at radius 2 is 1.70 bits per heavy atom. The van der Waals surface area contributed by atoms with E-state index in [1.54, 1.807) is 36.4 Å². The molecule has 1 fully saturated rings. The summed E-state index contributed by atoms with van der Waals surface area (Å²) in [6, 6.07) is 16.8. The zero-order valence-corrected chi connectivity index (χ0v) is 23.7. The predicted octanol–water partition coefficient (Wildman–Crippen LogP) is 5.71. The van der Waals surface area contributed by atoms with Crippen molar-refractivity contribution >= 4 is 68.1 Å². The van der Waals surface area contributed by atoms with Crippen molar-refractivity contribution in [3.05, 3.63) is 85.4 Å². The lowest BCUT2D eigenvalue weighted by Crippen LogP contribution is -2.54. The first kappa shape index (κ1) is 26.7. The number of methoxy groups -OCH3 is 1. The number of ether oxygens (including phenoxy) is 3. The van der Waals surface area contributed by atoms with Gasteiger partial charge in [0.2, 0.25) is 0 Å². The lowest BCUT2D eigenvalue weighted by Gasteiger charge is -2.26. The van der Waals surface area contributed by atoms with Gasteiger partial charge in [-0.2, -0.15) is 0 Å². The molecule has 37 heavy (non-hydrogen) atoms. The number of carbonyl (C=O) groups excluding carboxylic acids is 3. The van der Waals surface area contributed by atoms with Gasteiger partial charge in [0.25, 0.3) is 11.8 Å². The van der Waals surface area contributed by atoms with Crippen LogP contribution in [0.25, 0.3) is 6.08 Å². The summed E-state index contributed by atoms with van der Waals surface area (Å²) in [5.74, 6) is 0.0961. The van der Waals surface area contributed by atoms with E-state index in [1.165, 1.54) is 13.2 Å². The molecule has 10 heteroatoms. The fourth-order valence-corrected chi connectivity index (χ4v) is 4.65. The summed E-state index contributed by atoms with van der Waals surface area (Å²) < 4.78 is 18.7. The molecule has 0 bridgehead atoms. The van der Waals surface area contributed by atoms with Crippen LogP contribution in [0, 0.1) is 3.57 Å². The molecule has 0 aromatic heterocycles. The summed E-state index contributed by atoms with van der Waals surface area (Å²) in [6.07, 6.45) is 1.43. The topological polar surface area (TPSA) is 94.2 Å². The largest absolute Gasteiger partial charge is 0.497 e. The molecule has 1 saturated heterocycles. The van der Waals surface area contributed by atoms with E-state index in [1.807, 2.05) is 31.2 Å². The summed E-state index contributed by atoms with van der Waals surface area (Å²) >= 11 is 5.55. The zero-order valence-electron chi connectivity index (χ0n) is 19.9. The maximum atomic E-state index is 13.2. The van der Waals surface area contributed by atoms with Gasteiger partial charge in [-0.15, -0.1) is 0 Å². The molecule has 4 rings (SSSR count). The van der Waals surface area contributed by atoms with Gasteiger partial charge in [0, 0.05) is 4.47 Å². The Morgan fingerprint density at radius 1 is 1.00 bits per heavy atom. The van der Waals surface area contributed by atoms with Crippen LogP contribution in [0.2, 0.25) is 0 Å². The number of halogens is 2. The van der Waals surface area contributed by atoms with Gasteiger partial charge in [-0.3, -0.25) is 14.9 Å². The van der Waals surface area contributed by atoms with Crippen LogP contribution in [0.5, 0.6) is 17.2 Å². The van der Waals surface area contributed by atoms with Crippen LogP contribution in [0.1, 0.15) is 18.1 Å². The average molecular weight is 677 g/mol. The number of hydrogen-bond donors (Lipinski definition) is 1. The normalized spacial score (nSPS) is 14.5. The molecule has 1 N–H and O–H groups in total. The van der Waals surface area contributed by atoms with Crippen molar-refractivity contribution in [3.63, 3.8) is 0 Å². The van der Waals surface area contributed by atoms with Gasteiger partial charge in [-0.25, -0.2) is 9.69 Å². The fraction of sp³-hybridized carbons (Fsp3) is 0.148. The summed E-state index contributed by atoms with van der Waals surface area (Å²) in [5.41, 5.74) is 1.66. The summed E-state index contributed by atoms with van der Waals surface area (Å²) in [5, 5.41) is 2.23. The van der Waals surface area contributed by atoms with E-state index in [0.29, 0.717) is 41.7 Å². The molecule has 0 spiro atoms. The number of barbiturate groups is 1. The first-order valence-electron chi connectivity index (χ1n) is 11.2. The molecular formula is C27H22BrIN2O6. The van der Waals surface area contributed by atoms with Crippen molar-refractivity contribution in [2.75, 3.05) is 18.6 Å². The minimum Gasteiger partial charge on any atom is -0.497 e. The molecule has 0 unspecified atom stereocenters. The van der Waals surface area contributed by atoms with Gasteiger partial charge in [0.1, 0.15) is 17.9 Å². The third-order valence-corrected chi connectivity index (χ3v) is 6.70. The van der Waals surface area contributed by atoms with E-state index in [4.69, 9.17) is 14.2 Å². The van der Waals surface area contributed by atoms with Crippen LogP contribution in [0.4, 0.5) is 10.5 Å². The van der Waals surface area contributed by atoms with Crippen LogP contribution in [-0.4, -0.2) is 31.6 Å². The Bertz CT molecular complexity index is 1370. The van der Waals surface area contributed by atoms with E-state index in [2.05, 4.69) is 43.8 Å². The Kier molecular flexibility index (Phi) is 8.49. The van der Waals surface area contributed by atoms with Crippen molar-refractivity contribution in [1.82, 2.24) is 5.32 Å². The Labute approximate surface area is 235 Å². The number of imide groups is 2. The molecule has 4 amide bonds.